The van der Waals surface area contributed by atoms with Gasteiger partial charge in [-0.05, 0) is 42.7 Å². The van der Waals surface area contributed by atoms with Crippen molar-refractivity contribution < 1.29 is 19.2 Å². The van der Waals surface area contributed by atoms with E-state index in [4.69, 9.17) is 9.47 Å². The Balaban J connectivity index is 1.92. The van der Waals surface area contributed by atoms with Crippen molar-refractivity contribution in [3.05, 3.63) is 57.6 Å². The average molecular weight is 385 g/mol. The second-order valence-corrected chi connectivity index (χ2v) is 6.51. The Morgan fingerprint density at radius 1 is 1.18 bits per heavy atom. The van der Waals surface area contributed by atoms with Crippen LogP contribution in [0.15, 0.2) is 36.4 Å². The van der Waals surface area contributed by atoms with Crippen LogP contribution in [0.2, 0.25) is 0 Å². The van der Waals surface area contributed by atoms with Crippen LogP contribution < -0.4 is 14.8 Å². The molecule has 3 rings (SSSR count). The molecule has 1 fully saturated rings. The molecule has 0 spiro atoms. The van der Waals surface area contributed by atoms with Gasteiger partial charge in [0.05, 0.1) is 25.2 Å². The molecule has 1 aliphatic rings. The molecule has 1 saturated heterocycles. The SMILES string of the molecule is CNc1ccc(C(=O)N2CCCC2c2ccc(OC)c(OC)c2)cc1[N+](=O)[O-]. The van der Waals surface area contributed by atoms with Crippen LogP contribution in [0.25, 0.3) is 0 Å². The first kappa shape index (κ1) is 19.5. The molecule has 1 amide bonds. The molecule has 8 nitrogen and oxygen atoms in total. The lowest BCUT2D eigenvalue weighted by molar-refractivity contribution is -0.384. The van der Waals surface area contributed by atoms with Crippen LogP contribution in [0.3, 0.4) is 0 Å². The van der Waals surface area contributed by atoms with Gasteiger partial charge in [-0.15, -0.1) is 0 Å². The third kappa shape index (κ3) is 3.58. The van der Waals surface area contributed by atoms with E-state index in [1.807, 2.05) is 18.2 Å². The van der Waals surface area contributed by atoms with Gasteiger partial charge < -0.3 is 19.7 Å². The summed E-state index contributed by atoms with van der Waals surface area (Å²) >= 11 is 0. The van der Waals surface area contributed by atoms with Gasteiger partial charge in [0.1, 0.15) is 5.69 Å². The van der Waals surface area contributed by atoms with Gasteiger partial charge >= 0.3 is 0 Å². The molecule has 0 radical (unpaired) electrons. The number of hydrogen-bond donors (Lipinski definition) is 1. The summed E-state index contributed by atoms with van der Waals surface area (Å²) in [5, 5.41) is 14.1. The Morgan fingerprint density at radius 2 is 1.93 bits per heavy atom. The van der Waals surface area contributed by atoms with E-state index in [0.717, 1.165) is 18.4 Å². The topological polar surface area (TPSA) is 93.9 Å². The van der Waals surface area contributed by atoms with Gasteiger partial charge in [-0.2, -0.15) is 0 Å². The molecule has 0 saturated carbocycles. The molecule has 28 heavy (non-hydrogen) atoms. The number of carbonyl (C=O) groups is 1. The fourth-order valence-corrected chi connectivity index (χ4v) is 3.61. The summed E-state index contributed by atoms with van der Waals surface area (Å²) < 4.78 is 10.7. The standard InChI is InChI=1S/C20H23N3O5/c1-21-15-8-6-14(11-17(15)23(25)26)20(24)22-10-4-5-16(22)13-7-9-18(27-2)19(12-13)28-3/h6-9,11-12,16,21H,4-5,10H2,1-3H3. The summed E-state index contributed by atoms with van der Waals surface area (Å²) in [6.07, 6.45) is 1.68. The fraction of sp³-hybridized carbons (Fsp3) is 0.350. The highest BCUT2D eigenvalue weighted by atomic mass is 16.6. The zero-order chi connectivity index (χ0) is 20.3. The van der Waals surface area contributed by atoms with Gasteiger partial charge in [-0.1, -0.05) is 6.07 Å². The number of benzene rings is 2. The number of carbonyl (C=O) groups excluding carboxylic acids is 1. The molecular weight excluding hydrogens is 362 g/mol. The van der Waals surface area contributed by atoms with E-state index in [0.29, 0.717) is 29.3 Å². The highest BCUT2D eigenvalue weighted by Gasteiger charge is 2.32. The van der Waals surface area contributed by atoms with Crippen molar-refractivity contribution in [3.63, 3.8) is 0 Å². The third-order valence-corrected chi connectivity index (χ3v) is 5.02. The number of nitro benzene ring substituents is 1. The maximum atomic E-state index is 13.1. The van der Waals surface area contributed by atoms with Crippen molar-refractivity contribution in [1.82, 2.24) is 4.90 Å². The van der Waals surface area contributed by atoms with Crippen molar-refractivity contribution in [1.29, 1.82) is 0 Å². The maximum Gasteiger partial charge on any atom is 0.293 e. The number of nitrogens with zero attached hydrogens (tertiary/aromatic N) is 2. The van der Waals surface area contributed by atoms with Gasteiger partial charge in [-0.3, -0.25) is 14.9 Å². The van der Waals surface area contributed by atoms with Crippen molar-refractivity contribution in [3.8, 4) is 11.5 Å². The number of rotatable bonds is 6. The summed E-state index contributed by atoms with van der Waals surface area (Å²) in [7, 11) is 4.75. The van der Waals surface area contributed by atoms with Gasteiger partial charge in [0.25, 0.3) is 11.6 Å². The van der Waals surface area contributed by atoms with Crippen molar-refractivity contribution in [2.75, 3.05) is 33.1 Å². The second kappa shape index (κ2) is 8.16. The van der Waals surface area contributed by atoms with Crippen LogP contribution in [0.1, 0.15) is 34.8 Å². The Hall–Kier alpha value is -3.29. The second-order valence-electron chi connectivity index (χ2n) is 6.51. The normalized spacial score (nSPS) is 16.0. The van der Waals surface area contributed by atoms with Crippen LogP contribution in [0, 0.1) is 10.1 Å². The minimum Gasteiger partial charge on any atom is -0.493 e. The van der Waals surface area contributed by atoms with Crippen molar-refractivity contribution in [2.45, 2.75) is 18.9 Å². The number of hydrogen-bond acceptors (Lipinski definition) is 6. The number of anilines is 1. The lowest BCUT2D eigenvalue weighted by Crippen LogP contribution is -2.30. The number of nitrogens with one attached hydrogen (secondary N) is 1. The average Bonchev–Trinajstić information content (AvgIpc) is 3.21. The first-order valence-electron chi connectivity index (χ1n) is 8.99. The third-order valence-electron chi connectivity index (χ3n) is 5.02. The van der Waals surface area contributed by atoms with Crippen LogP contribution in [0.5, 0.6) is 11.5 Å². The highest BCUT2D eigenvalue weighted by Crippen LogP contribution is 2.38. The lowest BCUT2D eigenvalue weighted by atomic mass is 10.0. The molecule has 148 valence electrons. The zero-order valence-corrected chi connectivity index (χ0v) is 16.1. The van der Waals surface area contributed by atoms with Gasteiger partial charge in [0, 0.05) is 25.2 Å². The maximum absolute atomic E-state index is 13.1. The molecular formula is C20H23N3O5. The molecule has 1 atom stereocenters. The first-order chi connectivity index (χ1) is 13.5. The molecule has 2 aromatic carbocycles. The minimum atomic E-state index is -0.488. The Morgan fingerprint density at radius 3 is 2.57 bits per heavy atom. The smallest absolute Gasteiger partial charge is 0.293 e. The molecule has 1 N–H and O–H groups in total. The molecule has 1 heterocycles. The largest absolute Gasteiger partial charge is 0.493 e. The predicted molar refractivity (Wildman–Crippen MR) is 105 cm³/mol. The fourth-order valence-electron chi connectivity index (χ4n) is 3.61. The van der Waals surface area contributed by atoms with E-state index in [9.17, 15) is 14.9 Å². The Labute approximate surface area is 163 Å². The van der Waals surface area contributed by atoms with E-state index in [1.54, 1.807) is 38.3 Å². The molecule has 0 aromatic heterocycles. The zero-order valence-electron chi connectivity index (χ0n) is 16.1. The van der Waals surface area contributed by atoms with Crippen molar-refractivity contribution >= 4 is 17.3 Å². The lowest BCUT2D eigenvalue weighted by Gasteiger charge is -2.26. The van der Waals surface area contributed by atoms with E-state index < -0.39 is 4.92 Å². The summed E-state index contributed by atoms with van der Waals surface area (Å²) in [5.41, 5.74) is 1.51. The molecule has 1 aliphatic heterocycles. The number of methoxy groups -OCH3 is 2. The number of ether oxygens (including phenoxy) is 2. The summed E-state index contributed by atoms with van der Waals surface area (Å²) in [4.78, 5) is 25.7. The summed E-state index contributed by atoms with van der Waals surface area (Å²) in [6.45, 7) is 0.597. The van der Waals surface area contributed by atoms with Crippen LogP contribution in [-0.2, 0) is 0 Å². The number of nitro groups is 1. The van der Waals surface area contributed by atoms with E-state index in [1.165, 1.54) is 6.07 Å². The molecule has 0 bridgehead atoms. The molecule has 1 unspecified atom stereocenters. The monoisotopic (exact) mass is 385 g/mol. The van der Waals surface area contributed by atoms with Crippen LogP contribution >= 0.6 is 0 Å². The van der Waals surface area contributed by atoms with E-state index in [-0.39, 0.29) is 17.6 Å². The summed E-state index contributed by atoms with van der Waals surface area (Å²) in [6, 6.07) is 10.0. The van der Waals surface area contributed by atoms with Gasteiger partial charge in [-0.25, -0.2) is 0 Å². The van der Waals surface area contributed by atoms with Crippen molar-refractivity contribution in [2.24, 2.45) is 0 Å². The van der Waals surface area contributed by atoms with Crippen LogP contribution in [0.4, 0.5) is 11.4 Å². The first-order valence-corrected chi connectivity index (χ1v) is 8.99. The minimum absolute atomic E-state index is 0.115. The molecule has 0 aliphatic carbocycles. The quantitative estimate of drug-likeness (QED) is 0.603. The number of amides is 1. The number of likely N-dealkylation sites (tertiary alicyclic amines) is 1. The summed E-state index contributed by atoms with van der Waals surface area (Å²) in [5.74, 6) is 1.01. The predicted octanol–water partition coefficient (Wildman–Crippen LogP) is 3.63. The Kier molecular flexibility index (Phi) is 5.67. The molecule has 8 heteroatoms. The van der Waals surface area contributed by atoms with Gasteiger partial charge in [0.2, 0.25) is 0 Å². The molecule has 2 aromatic rings. The van der Waals surface area contributed by atoms with Gasteiger partial charge in [0.15, 0.2) is 11.5 Å². The highest BCUT2D eigenvalue weighted by molar-refractivity contribution is 5.96. The van der Waals surface area contributed by atoms with E-state index >= 15 is 0 Å². The Bertz CT molecular complexity index is 899. The van der Waals surface area contributed by atoms with Crippen LogP contribution in [-0.4, -0.2) is 43.5 Å². The van der Waals surface area contributed by atoms with E-state index in [2.05, 4.69) is 5.32 Å².